The van der Waals surface area contributed by atoms with Gasteiger partial charge in [0, 0.05) is 25.6 Å². The molecule has 86 valence electrons. The normalized spacial score (nSPS) is 10.6. The van der Waals surface area contributed by atoms with Gasteiger partial charge in [-0.15, -0.1) is 0 Å². The Hall–Kier alpha value is -2.50. The lowest BCUT2D eigenvalue weighted by Crippen LogP contribution is -2.19. The number of hydrogen-bond donors (Lipinski definition) is 1. The van der Waals surface area contributed by atoms with E-state index in [-0.39, 0.29) is 11.6 Å². The first-order chi connectivity index (χ1) is 8.27. The zero-order valence-electron chi connectivity index (χ0n) is 9.24. The zero-order chi connectivity index (χ0) is 12.1. The highest BCUT2D eigenvalue weighted by Gasteiger charge is 2.04. The molecule has 1 N–H and O–H groups in total. The lowest BCUT2D eigenvalue weighted by Gasteiger charge is -1.98. The molecular weight excluding hydrogens is 218 g/mol. The van der Waals surface area contributed by atoms with E-state index in [2.05, 4.69) is 20.5 Å². The molecule has 2 rings (SSSR count). The number of rotatable bonds is 3. The Kier molecular flexibility index (Phi) is 3.25. The molecule has 0 atom stereocenters. The van der Waals surface area contributed by atoms with Gasteiger partial charge in [0.1, 0.15) is 5.69 Å². The van der Waals surface area contributed by atoms with Crippen molar-refractivity contribution >= 4 is 12.1 Å². The number of nitrogens with zero attached hydrogens (tertiary/aromatic N) is 4. The third-order valence-corrected chi connectivity index (χ3v) is 2.14. The molecule has 1 amide bonds. The van der Waals surface area contributed by atoms with Gasteiger partial charge in [-0.3, -0.25) is 9.78 Å². The number of aromatic nitrogens is 3. The largest absolute Gasteiger partial charge is 0.350 e. The van der Waals surface area contributed by atoms with Crippen molar-refractivity contribution in [2.45, 2.75) is 0 Å². The van der Waals surface area contributed by atoms with E-state index in [1.165, 1.54) is 18.6 Å². The molecule has 6 nitrogen and oxygen atoms in total. The molecule has 0 saturated carbocycles. The summed E-state index contributed by atoms with van der Waals surface area (Å²) in [7, 11) is 1.89. The maximum absolute atomic E-state index is 11.5. The molecular formula is C11H11N5O. The van der Waals surface area contributed by atoms with E-state index in [9.17, 15) is 4.79 Å². The minimum absolute atomic E-state index is 0.233. The topological polar surface area (TPSA) is 72.2 Å². The van der Waals surface area contributed by atoms with E-state index in [0.717, 1.165) is 5.69 Å². The van der Waals surface area contributed by atoms with Gasteiger partial charge in [0.05, 0.1) is 18.1 Å². The average Bonchev–Trinajstić information content (AvgIpc) is 2.76. The van der Waals surface area contributed by atoms with Crippen molar-refractivity contribution in [1.29, 1.82) is 0 Å². The second kappa shape index (κ2) is 5.02. The molecule has 6 heteroatoms. The zero-order valence-corrected chi connectivity index (χ0v) is 9.24. The minimum Gasteiger partial charge on any atom is -0.350 e. The summed E-state index contributed by atoms with van der Waals surface area (Å²) in [6.45, 7) is 0. The van der Waals surface area contributed by atoms with Crippen molar-refractivity contribution in [1.82, 2.24) is 20.0 Å². The van der Waals surface area contributed by atoms with Crippen LogP contribution in [0.1, 0.15) is 16.2 Å². The lowest BCUT2D eigenvalue weighted by molar-refractivity contribution is 0.0949. The van der Waals surface area contributed by atoms with Gasteiger partial charge in [0.25, 0.3) is 5.91 Å². The van der Waals surface area contributed by atoms with Gasteiger partial charge in [-0.2, -0.15) is 5.10 Å². The summed E-state index contributed by atoms with van der Waals surface area (Å²) in [6.07, 6.45) is 7.80. The van der Waals surface area contributed by atoms with Crippen molar-refractivity contribution in [3.8, 4) is 0 Å². The van der Waals surface area contributed by atoms with Crippen molar-refractivity contribution in [2.75, 3.05) is 0 Å². The smallest absolute Gasteiger partial charge is 0.291 e. The lowest BCUT2D eigenvalue weighted by atomic mass is 10.4. The third-order valence-electron chi connectivity index (χ3n) is 2.14. The number of hydrazone groups is 1. The molecule has 0 bridgehead atoms. The van der Waals surface area contributed by atoms with Crippen LogP contribution in [0, 0.1) is 0 Å². The fraction of sp³-hybridized carbons (Fsp3) is 0.0909. The molecule has 2 aromatic heterocycles. The Bertz CT molecular complexity index is 532. The molecule has 0 aromatic carbocycles. The van der Waals surface area contributed by atoms with Gasteiger partial charge in [-0.1, -0.05) is 0 Å². The fourth-order valence-electron chi connectivity index (χ4n) is 1.24. The summed E-state index contributed by atoms with van der Waals surface area (Å²) in [6, 6.07) is 3.78. The first-order valence-corrected chi connectivity index (χ1v) is 4.98. The Morgan fingerprint density at radius 1 is 1.53 bits per heavy atom. The molecule has 0 saturated heterocycles. The van der Waals surface area contributed by atoms with Gasteiger partial charge >= 0.3 is 0 Å². The molecule has 0 spiro atoms. The van der Waals surface area contributed by atoms with Gasteiger partial charge in [0.15, 0.2) is 0 Å². The summed E-state index contributed by atoms with van der Waals surface area (Å²) in [5.74, 6) is -0.386. The first-order valence-electron chi connectivity index (χ1n) is 4.98. The van der Waals surface area contributed by atoms with Crippen LogP contribution in [-0.4, -0.2) is 26.7 Å². The predicted octanol–water partition coefficient (Wildman–Crippen LogP) is 0.579. The Morgan fingerprint density at radius 2 is 2.41 bits per heavy atom. The molecule has 0 fully saturated rings. The third kappa shape index (κ3) is 2.75. The number of nitrogens with one attached hydrogen (secondary N) is 1. The van der Waals surface area contributed by atoms with Gasteiger partial charge in [-0.05, 0) is 12.1 Å². The molecule has 17 heavy (non-hydrogen) atoms. The van der Waals surface area contributed by atoms with Crippen LogP contribution in [0.2, 0.25) is 0 Å². The Morgan fingerprint density at radius 3 is 3.06 bits per heavy atom. The number of hydrogen-bond acceptors (Lipinski definition) is 4. The Labute approximate surface area is 98.0 Å². The number of amides is 1. The van der Waals surface area contributed by atoms with Crippen molar-refractivity contribution < 1.29 is 4.79 Å². The summed E-state index contributed by atoms with van der Waals surface area (Å²) >= 11 is 0. The molecule has 0 radical (unpaired) electrons. The summed E-state index contributed by atoms with van der Waals surface area (Å²) in [5.41, 5.74) is 3.51. The second-order valence-corrected chi connectivity index (χ2v) is 3.33. The van der Waals surface area contributed by atoms with Crippen molar-refractivity contribution in [2.24, 2.45) is 12.1 Å². The maximum Gasteiger partial charge on any atom is 0.291 e. The summed E-state index contributed by atoms with van der Waals surface area (Å²) in [5, 5.41) is 3.84. The van der Waals surface area contributed by atoms with Gasteiger partial charge < -0.3 is 4.57 Å². The van der Waals surface area contributed by atoms with Crippen LogP contribution in [0.4, 0.5) is 0 Å². The second-order valence-electron chi connectivity index (χ2n) is 3.33. The SMILES string of the molecule is Cn1cccc1/C=N\NC(=O)c1cnccn1. The highest BCUT2D eigenvalue weighted by Crippen LogP contribution is 1.95. The predicted molar refractivity (Wildman–Crippen MR) is 62.5 cm³/mol. The van der Waals surface area contributed by atoms with Gasteiger partial charge in [0.2, 0.25) is 0 Å². The highest BCUT2D eigenvalue weighted by atomic mass is 16.2. The molecule has 2 aromatic rings. The van der Waals surface area contributed by atoms with Crippen LogP contribution in [0.15, 0.2) is 42.0 Å². The van der Waals surface area contributed by atoms with Crippen LogP contribution in [-0.2, 0) is 7.05 Å². The molecule has 0 aliphatic carbocycles. The summed E-state index contributed by atoms with van der Waals surface area (Å²) < 4.78 is 1.89. The van der Waals surface area contributed by atoms with E-state index in [4.69, 9.17) is 0 Å². The van der Waals surface area contributed by atoms with Crippen molar-refractivity contribution in [3.05, 3.63) is 48.3 Å². The molecule has 0 aliphatic rings. The van der Waals surface area contributed by atoms with E-state index >= 15 is 0 Å². The van der Waals surface area contributed by atoms with Crippen LogP contribution in [0.5, 0.6) is 0 Å². The number of carbonyl (C=O) groups excluding carboxylic acids is 1. The quantitative estimate of drug-likeness (QED) is 0.618. The summed E-state index contributed by atoms with van der Waals surface area (Å²) in [4.78, 5) is 19.2. The van der Waals surface area contributed by atoms with Crippen molar-refractivity contribution in [3.63, 3.8) is 0 Å². The maximum atomic E-state index is 11.5. The van der Waals surface area contributed by atoms with Crippen LogP contribution >= 0.6 is 0 Å². The number of carbonyl (C=O) groups is 1. The fourth-order valence-corrected chi connectivity index (χ4v) is 1.24. The molecule has 2 heterocycles. The first kappa shape index (κ1) is 11.0. The van der Waals surface area contributed by atoms with Crippen LogP contribution < -0.4 is 5.43 Å². The van der Waals surface area contributed by atoms with E-state index < -0.39 is 0 Å². The van der Waals surface area contributed by atoms with E-state index in [0.29, 0.717) is 0 Å². The van der Waals surface area contributed by atoms with E-state index in [1.54, 1.807) is 6.21 Å². The van der Waals surface area contributed by atoms with Crippen LogP contribution in [0.25, 0.3) is 0 Å². The number of aryl methyl sites for hydroxylation is 1. The monoisotopic (exact) mass is 229 g/mol. The molecule has 0 unspecified atom stereocenters. The highest BCUT2D eigenvalue weighted by molar-refractivity contribution is 5.92. The van der Waals surface area contributed by atoms with Gasteiger partial charge in [-0.25, -0.2) is 10.4 Å². The van der Waals surface area contributed by atoms with E-state index in [1.807, 2.05) is 29.9 Å². The minimum atomic E-state index is -0.386. The standard InChI is InChI=1S/C11H11N5O/c1-16-6-2-3-9(16)7-14-15-11(17)10-8-12-4-5-13-10/h2-8H,1H3,(H,15,17)/b14-7-. The molecule has 0 aliphatic heterocycles. The van der Waals surface area contributed by atoms with Crippen LogP contribution in [0.3, 0.4) is 0 Å². The Balaban J connectivity index is 1.97. The average molecular weight is 229 g/mol.